The number of nitrogens with zero attached hydrogens (tertiary/aromatic N) is 2. The van der Waals surface area contributed by atoms with Gasteiger partial charge in [-0.2, -0.15) is 0 Å². The highest BCUT2D eigenvalue weighted by Gasteiger charge is 2.47. The highest BCUT2D eigenvalue weighted by molar-refractivity contribution is 5.68. The van der Waals surface area contributed by atoms with Crippen molar-refractivity contribution in [2.45, 2.75) is 65.6 Å². The van der Waals surface area contributed by atoms with Crippen LogP contribution in [0.25, 0.3) is 0 Å². The molecule has 0 aliphatic heterocycles. The maximum Gasteiger partial charge on any atom is 0.408 e. The van der Waals surface area contributed by atoms with E-state index in [-0.39, 0.29) is 6.04 Å². The van der Waals surface area contributed by atoms with Crippen LogP contribution in [0.5, 0.6) is 0 Å². The number of carbonyl (C=O) groups excluding carboxylic acids is 1. The van der Waals surface area contributed by atoms with Crippen molar-refractivity contribution >= 4 is 6.09 Å². The number of amides is 1. The second-order valence-electron chi connectivity index (χ2n) is 7.30. The average Bonchev–Trinajstić information content (AvgIpc) is 2.73. The number of hydrogen-bond donors (Lipinski definition) is 1. The van der Waals surface area contributed by atoms with Gasteiger partial charge in [-0.25, -0.2) is 9.78 Å². The number of imidazole rings is 1. The number of ether oxygens (including phenoxy) is 1. The van der Waals surface area contributed by atoms with Gasteiger partial charge in [-0.05, 0) is 39.5 Å². The maximum absolute atomic E-state index is 11.8. The Balaban J connectivity index is 2.02. The summed E-state index contributed by atoms with van der Waals surface area (Å²) in [7, 11) is 0. The van der Waals surface area contributed by atoms with Crippen LogP contribution in [0.3, 0.4) is 0 Å². The Kier molecular flexibility index (Phi) is 3.56. The monoisotopic (exact) mass is 279 g/mol. The lowest BCUT2D eigenvalue weighted by Gasteiger charge is -2.22. The molecule has 1 fully saturated rings. The summed E-state index contributed by atoms with van der Waals surface area (Å²) in [4.78, 5) is 16.0. The summed E-state index contributed by atoms with van der Waals surface area (Å²) >= 11 is 0. The van der Waals surface area contributed by atoms with Crippen LogP contribution >= 0.6 is 0 Å². The Hall–Kier alpha value is -1.52. The van der Waals surface area contributed by atoms with E-state index in [1.165, 1.54) is 0 Å². The smallest absolute Gasteiger partial charge is 0.408 e. The SMILES string of the molecule is CC(NC(=O)OC(C)(C)C)c1cncn1C1CC1(C)C. The van der Waals surface area contributed by atoms with Crippen LogP contribution in [0, 0.1) is 5.41 Å². The van der Waals surface area contributed by atoms with Crippen LogP contribution in [0.2, 0.25) is 0 Å². The van der Waals surface area contributed by atoms with Gasteiger partial charge >= 0.3 is 6.09 Å². The third-order valence-electron chi connectivity index (χ3n) is 3.67. The first-order valence-corrected chi connectivity index (χ1v) is 7.11. The molecule has 20 heavy (non-hydrogen) atoms. The van der Waals surface area contributed by atoms with E-state index < -0.39 is 11.7 Å². The van der Waals surface area contributed by atoms with E-state index in [9.17, 15) is 4.79 Å². The van der Waals surface area contributed by atoms with E-state index in [4.69, 9.17) is 4.74 Å². The second kappa shape index (κ2) is 4.79. The number of aromatic nitrogens is 2. The molecule has 5 nitrogen and oxygen atoms in total. The van der Waals surface area contributed by atoms with Crippen molar-refractivity contribution in [1.82, 2.24) is 14.9 Å². The summed E-state index contributed by atoms with van der Waals surface area (Å²) in [5.74, 6) is 0. The molecule has 0 radical (unpaired) electrons. The maximum atomic E-state index is 11.8. The first kappa shape index (κ1) is 14.9. The number of alkyl carbamates (subject to hydrolysis) is 1. The summed E-state index contributed by atoms with van der Waals surface area (Å²) in [5.41, 5.74) is 0.857. The Morgan fingerprint density at radius 1 is 1.55 bits per heavy atom. The lowest BCUT2D eigenvalue weighted by molar-refractivity contribution is 0.0506. The molecule has 0 saturated heterocycles. The minimum Gasteiger partial charge on any atom is -0.444 e. The summed E-state index contributed by atoms with van der Waals surface area (Å²) in [6.07, 6.45) is 4.42. The van der Waals surface area contributed by atoms with Crippen molar-refractivity contribution < 1.29 is 9.53 Å². The van der Waals surface area contributed by atoms with E-state index >= 15 is 0 Å². The molecule has 1 saturated carbocycles. The summed E-state index contributed by atoms with van der Waals surface area (Å²) < 4.78 is 7.45. The molecule has 0 spiro atoms. The zero-order valence-electron chi connectivity index (χ0n) is 13.2. The molecule has 1 aromatic heterocycles. The highest BCUT2D eigenvalue weighted by atomic mass is 16.6. The minimum absolute atomic E-state index is 0.122. The van der Waals surface area contributed by atoms with Crippen LogP contribution in [0.1, 0.15) is 65.7 Å². The lowest BCUT2D eigenvalue weighted by atomic mass is 10.2. The molecule has 2 rings (SSSR count). The number of rotatable bonds is 3. The highest BCUT2D eigenvalue weighted by Crippen LogP contribution is 2.56. The normalized spacial score (nSPS) is 22.2. The molecule has 1 heterocycles. The third-order valence-corrected chi connectivity index (χ3v) is 3.67. The van der Waals surface area contributed by atoms with Crippen LogP contribution in [-0.4, -0.2) is 21.2 Å². The third kappa shape index (κ3) is 3.32. The van der Waals surface area contributed by atoms with Crippen molar-refractivity contribution in [1.29, 1.82) is 0 Å². The molecule has 1 aromatic rings. The number of nitrogens with one attached hydrogen (secondary N) is 1. The van der Waals surface area contributed by atoms with Gasteiger partial charge in [0.05, 0.1) is 24.3 Å². The second-order valence-corrected chi connectivity index (χ2v) is 7.30. The van der Waals surface area contributed by atoms with Gasteiger partial charge in [0.25, 0.3) is 0 Å². The topological polar surface area (TPSA) is 56.1 Å². The van der Waals surface area contributed by atoms with Crippen molar-refractivity contribution in [3.63, 3.8) is 0 Å². The van der Waals surface area contributed by atoms with Crippen LogP contribution < -0.4 is 5.32 Å². The fourth-order valence-electron chi connectivity index (χ4n) is 2.38. The Labute approximate surface area is 120 Å². The molecule has 1 aliphatic rings. The lowest BCUT2D eigenvalue weighted by Crippen LogP contribution is -2.34. The number of hydrogen-bond acceptors (Lipinski definition) is 3. The zero-order valence-corrected chi connectivity index (χ0v) is 13.2. The Morgan fingerprint density at radius 3 is 2.65 bits per heavy atom. The van der Waals surface area contributed by atoms with Crippen LogP contribution in [-0.2, 0) is 4.74 Å². The zero-order chi connectivity index (χ0) is 15.1. The van der Waals surface area contributed by atoms with Gasteiger partial charge in [0, 0.05) is 6.04 Å². The molecule has 2 atom stereocenters. The molecule has 0 bridgehead atoms. The summed E-state index contributed by atoms with van der Waals surface area (Å²) in [5, 5.41) is 2.87. The molecule has 112 valence electrons. The molecular formula is C15H25N3O2. The van der Waals surface area contributed by atoms with Gasteiger partial charge in [-0.1, -0.05) is 13.8 Å². The molecule has 2 unspecified atom stereocenters. The molecule has 1 aliphatic carbocycles. The van der Waals surface area contributed by atoms with Crippen molar-refractivity contribution in [3.05, 3.63) is 18.2 Å². The van der Waals surface area contributed by atoms with Crippen molar-refractivity contribution in [2.24, 2.45) is 5.41 Å². The Bertz CT molecular complexity index is 499. The van der Waals surface area contributed by atoms with Gasteiger partial charge < -0.3 is 14.6 Å². The predicted octanol–water partition coefficient (Wildman–Crippen LogP) is 3.44. The van der Waals surface area contributed by atoms with Gasteiger partial charge in [0.15, 0.2) is 0 Å². The quantitative estimate of drug-likeness (QED) is 0.922. The van der Waals surface area contributed by atoms with Crippen LogP contribution in [0.4, 0.5) is 4.79 Å². The van der Waals surface area contributed by atoms with Gasteiger partial charge in [-0.3, -0.25) is 0 Å². The standard InChI is InChI=1S/C15H25N3O2/c1-10(17-13(19)20-14(2,3)4)11-8-16-9-18(11)12-7-15(12,5)6/h8-10,12H,7H2,1-6H3,(H,17,19). The molecule has 0 aromatic carbocycles. The van der Waals surface area contributed by atoms with E-state index in [0.717, 1.165) is 12.1 Å². The van der Waals surface area contributed by atoms with E-state index in [0.29, 0.717) is 11.5 Å². The number of carbonyl (C=O) groups is 1. The first-order chi connectivity index (χ1) is 9.10. The van der Waals surface area contributed by atoms with E-state index in [2.05, 4.69) is 28.7 Å². The van der Waals surface area contributed by atoms with E-state index in [1.54, 1.807) is 0 Å². The average molecular weight is 279 g/mol. The molecule has 5 heteroatoms. The van der Waals surface area contributed by atoms with Gasteiger partial charge in [0.1, 0.15) is 5.60 Å². The van der Waals surface area contributed by atoms with Crippen molar-refractivity contribution in [3.8, 4) is 0 Å². The fourth-order valence-corrected chi connectivity index (χ4v) is 2.38. The summed E-state index contributed by atoms with van der Waals surface area (Å²) in [6, 6.07) is 0.353. The van der Waals surface area contributed by atoms with Crippen molar-refractivity contribution in [2.75, 3.05) is 0 Å². The largest absolute Gasteiger partial charge is 0.444 e. The van der Waals surface area contributed by atoms with Crippen LogP contribution in [0.15, 0.2) is 12.5 Å². The fraction of sp³-hybridized carbons (Fsp3) is 0.733. The molecule has 1 amide bonds. The molecular weight excluding hydrogens is 254 g/mol. The van der Waals surface area contributed by atoms with Gasteiger partial charge in [0.2, 0.25) is 0 Å². The minimum atomic E-state index is -0.484. The summed E-state index contributed by atoms with van der Waals surface area (Å²) in [6.45, 7) is 12.0. The predicted molar refractivity (Wildman–Crippen MR) is 77.4 cm³/mol. The van der Waals surface area contributed by atoms with E-state index in [1.807, 2.05) is 40.2 Å². The van der Waals surface area contributed by atoms with Gasteiger partial charge in [-0.15, -0.1) is 0 Å². The molecule has 1 N–H and O–H groups in total. The first-order valence-electron chi connectivity index (χ1n) is 7.11. The Morgan fingerprint density at radius 2 is 2.15 bits per heavy atom.